The maximum Gasteiger partial charge on any atom is 0.309 e. The monoisotopic (exact) mass is 344 g/mol. The number of aromatic nitrogens is 1. The molecule has 0 unspecified atom stereocenters. The van der Waals surface area contributed by atoms with Gasteiger partial charge in [0, 0.05) is 12.1 Å². The van der Waals surface area contributed by atoms with E-state index in [1.807, 2.05) is 31.2 Å². The van der Waals surface area contributed by atoms with Crippen molar-refractivity contribution in [2.75, 3.05) is 26.8 Å². The van der Waals surface area contributed by atoms with Crippen LogP contribution < -0.4 is 4.74 Å². The first-order chi connectivity index (χ1) is 12.2. The number of hydrogen-bond acceptors (Lipinski definition) is 6. The lowest BCUT2D eigenvalue weighted by Gasteiger charge is -2.30. The number of carbonyl (C=O) groups is 1. The molecule has 1 fully saturated rings. The van der Waals surface area contributed by atoms with Gasteiger partial charge in [0.2, 0.25) is 5.89 Å². The van der Waals surface area contributed by atoms with E-state index in [2.05, 4.69) is 9.88 Å². The van der Waals surface area contributed by atoms with Crippen LogP contribution in [0.15, 0.2) is 34.9 Å². The summed E-state index contributed by atoms with van der Waals surface area (Å²) >= 11 is 0. The average Bonchev–Trinajstić information content (AvgIpc) is 3.11. The first kappa shape index (κ1) is 17.5. The van der Waals surface area contributed by atoms with Gasteiger partial charge in [0.05, 0.1) is 25.3 Å². The van der Waals surface area contributed by atoms with E-state index in [-0.39, 0.29) is 11.9 Å². The molecule has 0 radical (unpaired) electrons. The van der Waals surface area contributed by atoms with E-state index in [1.165, 1.54) is 0 Å². The second-order valence-corrected chi connectivity index (χ2v) is 6.18. The molecule has 0 spiro atoms. The molecule has 0 atom stereocenters. The Morgan fingerprint density at radius 2 is 2.16 bits per heavy atom. The summed E-state index contributed by atoms with van der Waals surface area (Å²) in [6, 6.07) is 7.66. The number of benzene rings is 1. The SMILES string of the molecule is CCOC(=O)C1CCN(Cc2coc(-c3cccc(OC)c3)n2)CC1. The van der Waals surface area contributed by atoms with Gasteiger partial charge in [-0.1, -0.05) is 6.07 Å². The van der Waals surface area contributed by atoms with E-state index in [0.29, 0.717) is 12.5 Å². The van der Waals surface area contributed by atoms with Crippen LogP contribution in [0, 0.1) is 5.92 Å². The van der Waals surface area contributed by atoms with Crippen molar-refractivity contribution >= 4 is 5.97 Å². The third kappa shape index (κ3) is 4.39. The quantitative estimate of drug-likeness (QED) is 0.750. The van der Waals surface area contributed by atoms with Crippen molar-refractivity contribution < 1.29 is 18.7 Å². The summed E-state index contributed by atoms with van der Waals surface area (Å²) in [7, 11) is 1.64. The van der Waals surface area contributed by atoms with Crippen LogP contribution in [0.3, 0.4) is 0 Å². The van der Waals surface area contributed by atoms with Gasteiger partial charge in [-0.2, -0.15) is 0 Å². The fourth-order valence-corrected chi connectivity index (χ4v) is 3.08. The molecule has 0 aliphatic carbocycles. The largest absolute Gasteiger partial charge is 0.497 e. The van der Waals surface area contributed by atoms with E-state index in [9.17, 15) is 4.79 Å². The van der Waals surface area contributed by atoms with Crippen molar-refractivity contribution in [1.29, 1.82) is 0 Å². The minimum atomic E-state index is -0.0658. The van der Waals surface area contributed by atoms with Crippen LogP contribution in [0.4, 0.5) is 0 Å². The fraction of sp³-hybridized carbons (Fsp3) is 0.474. The number of rotatable bonds is 6. The zero-order valence-corrected chi connectivity index (χ0v) is 14.7. The molecule has 1 aliphatic heterocycles. The van der Waals surface area contributed by atoms with Crippen molar-refractivity contribution in [2.24, 2.45) is 5.92 Å². The molecule has 0 saturated carbocycles. The van der Waals surface area contributed by atoms with Gasteiger partial charge in [-0.3, -0.25) is 9.69 Å². The molecule has 3 rings (SSSR count). The van der Waals surface area contributed by atoms with Gasteiger partial charge >= 0.3 is 5.97 Å². The van der Waals surface area contributed by atoms with Crippen molar-refractivity contribution in [3.8, 4) is 17.2 Å². The molecule has 6 nitrogen and oxygen atoms in total. The van der Waals surface area contributed by atoms with Gasteiger partial charge in [-0.05, 0) is 51.1 Å². The maximum atomic E-state index is 11.8. The van der Waals surface area contributed by atoms with E-state index in [1.54, 1.807) is 13.4 Å². The summed E-state index contributed by atoms with van der Waals surface area (Å²) in [5.74, 6) is 1.33. The summed E-state index contributed by atoms with van der Waals surface area (Å²) in [5, 5.41) is 0. The van der Waals surface area contributed by atoms with Crippen LogP contribution in [0.5, 0.6) is 5.75 Å². The van der Waals surface area contributed by atoms with Gasteiger partial charge in [0.1, 0.15) is 12.0 Å². The van der Waals surface area contributed by atoms with Gasteiger partial charge in [-0.25, -0.2) is 4.98 Å². The number of likely N-dealkylation sites (tertiary alicyclic amines) is 1. The van der Waals surface area contributed by atoms with E-state index in [0.717, 1.165) is 49.5 Å². The number of piperidine rings is 1. The van der Waals surface area contributed by atoms with Crippen LogP contribution >= 0.6 is 0 Å². The van der Waals surface area contributed by atoms with Crippen molar-refractivity contribution in [2.45, 2.75) is 26.3 Å². The van der Waals surface area contributed by atoms with Crippen LogP contribution in [-0.2, 0) is 16.1 Å². The Hall–Kier alpha value is -2.34. The molecule has 6 heteroatoms. The molecule has 0 amide bonds. The Bertz CT molecular complexity index is 705. The molecule has 1 aromatic carbocycles. The highest BCUT2D eigenvalue weighted by Gasteiger charge is 2.26. The molecular weight excluding hydrogens is 320 g/mol. The Labute approximate surface area is 147 Å². The van der Waals surface area contributed by atoms with Crippen molar-refractivity contribution in [1.82, 2.24) is 9.88 Å². The van der Waals surface area contributed by atoms with Crippen LogP contribution in [0.25, 0.3) is 11.5 Å². The predicted molar refractivity (Wildman–Crippen MR) is 93.1 cm³/mol. The topological polar surface area (TPSA) is 64.8 Å². The molecule has 134 valence electrons. The van der Waals surface area contributed by atoms with E-state index in [4.69, 9.17) is 13.9 Å². The molecule has 1 aromatic heterocycles. The summed E-state index contributed by atoms with van der Waals surface area (Å²) in [6.07, 6.45) is 3.37. The van der Waals surface area contributed by atoms with Gasteiger partial charge < -0.3 is 13.9 Å². The number of hydrogen-bond donors (Lipinski definition) is 0. The summed E-state index contributed by atoms with van der Waals surface area (Å²) < 4.78 is 16.0. The number of ether oxygens (including phenoxy) is 2. The van der Waals surface area contributed by atoms with Crippen molar-refractivity contribution in [3.63, 3.8) is 0 Å². The molecule has 0 N–H and O–H groups in total. The van der Waals surface area contributed by atoms with Crippen LogP contribution in [0.1, 0.15) is 25.5 Å². The highest BCUT2D eigenvalue weighted by Crippen LogP contribution is 2.24. The highest BCUT2D eigenvalue weighted by molar-refractivity contribution is 5.72. The molecule has 0 bridgehead atoms. The first-order valence-electron chi connectivity index (χ1n) is 8.67. The summed E-state index contributed by atoms with van der Waals surface area (Å²) in [6.45, 7) is 4.75. The highest BCUT2D eigenvalue weighted by atomic mass is 16.5. The number of esters is 1. The zero-order chi connectivity index (χ0) is 17.6. The molecule has 2 aromatic rings. The molecular formula is C19H24N2O4. The van der Waals surface area contributed by atoms with Gasteiger partial charge in [0.25, 0.3) is 0 Å². The fourth-order valence-electron chi connectivity index (χ4n) is 3.08. The lowest BCUT2D eigenvalue weighted by atomic mass is 9.97. The summed E-state index contributed by atoms with van der Waals surface area (Å²) in [4.78, 5) is 18.7. The van der Waals surface area contributed by atoms with Crippen LogP contribution in [0.2, 0.25) is 0 Å². The minimum Gasteiger partial charge on any atom is -0.497 e. The second kappa shape index (κ2) is 8.16. The lowest BCUT2D eigenvalue weighted by Crippen LogP contribution is -2.36. The van der Waals surface area contributed by atoms with Crippen LogP contribution in [-0.4, -0.2) is 42.7 Å². The Balaban J connectivity index is 1.56. The first-order valence-corrected chi connectivity index (χ1v) is 8.67. The number of carbonyl (C=O) groups excluding carboxylic acids is 1. The Kier molecular flexibility index (Phi) is 5.71. The predicted octanol–water partition coefficient (Wildman–Crippen LogP) is 3.13. The van der Waals surface area contributed by atoms with Gasteiger partial charge in [-0.15, -0.1) is 0 Å². The third-order valence-electron chi connectivity index (χ3n) is 4.46. The maximum absolute atomic E-state index is 11.8. The average molecular weight is 344 g/mol. The van der Waals surface area contributed by atoms with Crippen molar-refractivity contribution in [3.05, 3.63) is 36.2 Å². The number of oxazole rings is 1. The minimum absolute atomic E-state index is 0.0286. The van der Waals surface area contributed by atoms with Gasteiger partial charge in [0.15, 0.2) is 0 Å². The molecule has 1 saturated heterocycles. The van der Waals surface area contributed by atoms with E-state index >= 15 is 0 Å². The molecule has 1 aliphatic rings. The van der Waals surface area contributed by atoms with E-state index < -0.39 is 0 Å². The third-order valence-corrected chi connectivity index (χ3v) is 4.46. The summed E-state index contributed by atoms with van der Waals surface area (Å²) in [5.41, 5.74) is 1.79. The smallest absolute Gasteiger partial charge is 0.309 e. The Morgan fingerprint density at radius 1 is 1.36 bits per heavy atom. The molecule has 25 heavy (non-hydrogen) atoms. The number of nitrogens with zero attached hydrogens (tertiary/aromatic N) is 2. The second-order valence-electron chi connectivity index (χ2n) is 6.18. The standard InChI is InChI=1S/C19H24N2O4/c1-3-24-19(22)14-7-9-21(10-8-14)12-16-13-25-18(20-16)15-5-4-6-17(11-15)23-2/h4-6,11,13-14H,3,7-10,12H2,1-2H3. The lowest BCUT2D eigenvalue weighted by molar-refractivity contribution is -0.149. The Morgan fingerprint density at radius 3 is 2.88 bits per heavy atom. The number of methoxy groups -OCH3 is 1. The zero-order valence-electron chi connectivity index (χ0n) is 14.7. The normalized spacial score (nSPS) is 15.9. The molecule has 2 heterocycles.